The van der Waals surface area contributed by atoms with Gasteiger partial charge in [-0.25, -0.2) is 0 Å². The first-order chi connectivity index (χ1) is 10.0. The molecule has 2 unspecified atom stereocenters. The van der Waals surface area contributed by atoms with Gasteiger partial charge in [0.2, 0.25) is 5.91 Å². The molecule has 1 amide bonds. The zero-order valence-electron chi connectivity index (χ0n) is 12.1. The predicted molar refractivity (Wildman–Crippen MR) is 81.2 cm³/mol. The van der Waals surface area contributed by atoms with Gasteiger partial charge < -0.3 is 10.0 Å². The molecule has 0 bridgehead atoms. The highest BCUT2D eigenvalue weighted by Crippen LogP contribution is 2.36. The summed E-state index contributed by atoms with van der Waals surface area (Å²) in [5.74, 6) is -1.37. The van der Waals surface area contributed by atoms with Crippen molar-refractivity contribution >= 4 is 23.5 Å². The first-order valence-corrected chi connectivity index (χ1v) is 7.70. The molecule has 21 heavy (non-hydrogen) atoms. The van der Waals surface area contributed by atoms with Gasteiger partial charge >= 0.3 is 5.97 Å². The molecule has 0 radical (unpaired) electrons. The van der Waals surface area contributed by atoms with E-state index in [0.29, 0.717) is 30.8 Å². The third kappa shape index (κ3) is 3.56. The molecule has 0 saturated carbocycles. The third-order valence-corrected chi connectivity index (χ3v) is 4.19. The molecule has 0 spiro atoms. The van der Waals surface area contributed by atoms with Crippen LogP contribution in [0.1, 0.15) is 44.2 Å². The summed E-state index contributed by atoms with van der Waals surface area (Å²) in [6.07, 6.45) is 2.38. The van der Waals surface area contributed by atoms with E-state index in [2.05, 4.69) is 0 Å². The van der Waals surface area contributed by atoms with Crippen molar-refractivity contribution in [2.24, 2.45) is 5.92 Å². The van der Waals surface area contributed by atoms with Crippen LogP contribution in [0, 0.1) is 5.92 Å². The van der Waals surface area contributed by atoms with Gasteiger partial charge in [-0.2, -0.15) is 0 Å². The Morgan fingerprint density at radius 2 is 2.05 bits per heavy atom. The molecule has 5 heteroatoms. The number of carbonyl (C=O) groups excluding carboxylic acids is 1. The normalized spacial score (nSPS) is 23.0. The van der Waals surface area contributed by atoms with Gasteiger partial charge in [0.15, 0.2) is 0 Å². The lowest BCUT2D eigenvalue weighted by molar-refractivity contribution is -0.146. The van der Waals surface area contributed by atoms with Crippen molar-refractivity contribution in [3.63, 3.8) is 0 Å². The number of likely N-dealkylation sites (tertiary alicyclic amines) is 1. The highest BCUT2D eigenvalue weighted by Gasteiger charge is 2.38. The SMILES string of the molecule is CCCN1C(=O)CCCC(C(=O)O)C1c1ccc(Cl)cc1. The minimum Gasteiger partial charge on any atom is -0.481 e. The monoisotopic (exact) mass is 309 g/mol. The Morgan fingerprint density at radius 1 is 1.38 bits per heavy atom. The van der Waals surface area contributed by atoms with E-state index in [1.807, 2.05) is 19.1 Å². The lowest BCUT2D eigenvalue weighted by Crippen LogP contribution is -2.39. The zero-order valence-corrected chi connectivity index (χ0v) is 12.8. The topological polar surface area (TPSA) is 57.6 Å². The van der Waals surface area contributed by atoms with Crippen molar-refractivity contribution in [2.45, 2.75) is 38.6 Å². The molecule has 1 aromatic rings. The first kappa shape index (κ1) is 15.8. The van der Waals surface area contributed by atoms with Gasteiger partial charge in [0.05, 0.1) is 12.0 Å². The van der Waals surface area contributed by atoms with E-state index in [1.165, 1.54) is 0 Å². The summed E-state index contributed by atoms with van der Waals surface area (Å²) in [7, 11) is 0. The molecule has 1 aromatic carbocycles. The van der Waals surface area contributed by atoms with E-state index < -0.39 is 17.9 Å². The second-order valence-corrected chi connectivity index (χ2v) is 5.86. The predicted octanol–water partition coefficient (Wildman–Crippen LogP) is 3.50. The van der Waals surface area contributed by atoms with Crippen LogP contribution in [-0.4, -0.2) is 28.4 Å². The Labute approximate surface area is 129 Å². The van der Waals surface area contributed by atoms with Gasteiger partial charge in [-0.15, -0.1) is 0 Å². The smallest absolute Gasteiger partial charge is 0.308 e. The quantitative estimate of drug-likeness (QED) is 0.926. The summed E-state index contributed by atoms with van der Waals surface area (Å²) in [6.45, 7) is 2.57. The molecule has 1 aliphatic heterocycles. The number of hydrogen-bond acceptors (Lipinski definition) is 2. The van der Waals surface area contributed by atoms with E-state index in [4.69, 9.17) is 11.6 Å². The number of hydrogen-bond donors (Lipinski definition) is 1. The Balaban J connectivity index is 2.44. The molecule has 0 aliphatic carbocycles. The Morgan fingerprint density at radius 3 is 2.62 bits per heavy atom. The average Bonchev–Trinajstić information content (AvgIpc) is 2.61. The van der Waals surface area contributed by atoms with E-state index in [9.17, 15) is 14.7 Å². The Hall–Kier alpha value is -1.55. The fraction of sp³-hybridized carbons (Fsp3) is 0.500. The molecule has 1 N–H and O–H groups in total. The second kappa shape index (κ2) is 6.94. The number of rotatable bonds is 4. The highest BCUT2D eigenvalue weighted by atomic mass is 35.5. The van der Waals surface area contributed by atoms with Crippen molar-refractivity contribution in [2.75, 3.05) is 6.54 Å². The molecule has 0 aromatic heterocycles. The number of halogens is 1. The maximum atomic E-state index is 12.3. The van der Waals surface area contributed by atoms with Gasteiger partial charge in [0.1, 0.15) is 0 Å². The van der Waals surface area contributed by atoms with E-state index in [1.54, 1.807) is 17.0 Å². The second-order valence-electron chi connectivity index (χ2n) is 5.42. The van der Waals surface area contributed by atoms with Gasteiger partial charge in [-0.1, -0.05) is 30.7 Å². The molecule has 1 aliphatic rings. The van der Waals surface area contributed by atoms with Gasteiger partial charge in [0, 0.05) is 18.0 Å². The summed E-state index contributed by atoms with van der Waals surface area (Å²) >= 11 is 5.91. The molecule has 1 fully saturated rings. The summed E-state index contributed by atoms with van der Waals surface area (Å²) in [5, 5.41) is 10.2. The minimum atomic E-state index is -0.842. The lowest BCUT2D eigenvalue weighted by Gasteiger charge is -2.33. The number of carbonyl (C=O) groups is 2. The summed E-state index contributed by atoms with van der Waals surface area (Å²) < 4.78 is 0. The van der Waals surface area contributed by atoms with Crippen molar-refractivity contribution in [1.29, 1.82) is 0 Å². The van der Waals surface area contributed by atoms with Crippen LogP contribution in [0.15, 0.2) is 24.3 Å². The fourth-order valence-corrected chi connectivity index (χ4v) is 3.11. The van der Waals surface area contributed by atoms with Crippen molar-refractivity contribution in [1.82, 2.24) is 4.90 Å². The van der Waals surface area contributed by atoms with E-state index >= 15 is 0 Å². The molecule has 2 rings (SSSR count). The summed E-state index contributed by atoms with van der Waals surface area (Å²) in [5.41, 5.74) is 0.843. The summed E-state index contributed by atoms with van der Waals surface area (Å²) in [6, 6.07) is 6.73. The largest absolute Gasteiger partial charge is 0.481 e. The Bertz CT molecular complexity index is 515. The molecule has 1 heterocycles. The average molecular weight is 310 g/mol. The number of benzene rings is 1. The number of carboxylic acids is 1. The van der Waals surface area contributed by atoms with E-state index in [0.717, 1.165) is 12.0 Å². The van der Waals surface area contributed by atoms with Crippen LogP contribution in [-0.2, 0) is 9.59 Å². The molecule has 1 saturated heterocycles. The maximum absolute atomic E-state index is 12.3. The summed E-state index contributed by atoms with van der Waals surface area (Å²) in [4.78, 5) is 25.7. The van der Waals surface area contributed by atoms with Gasteiger partial charge in [-0.3, -0.25) is 9.59 Å². The minimum absolute atomic E-state index is 0.0422. The number of nitrogens with zero attached hydrogens (tertiary/aromatic N) is 1. The molecular weight excluding hydrogens is 290 g/mol. The van der Waals surface area contributed by atoms with Crippen LogP contribution in [0.5, 0.6) is 0 Å². The van der Waals surface area contributed by atoms with Crippen molar-refractivity contribution in [3.05, 3.63) is 34.9 Å². The molecule has 2 atom stereocenters. The first-order valence-electron chi connectivity index (χ1n) is 7.32. The third-order valence-electron chi connectivity index (χ3n) is 3.94. The molecule has 4 nitrogen and oxygen atoms in total. The van der Waals surface area contributed by atoms with Crippen LogP contribution < -0.4 is 0 Å². The van der Waals surface area contributed by atoms with E-state index in [-0.39, 0.29) is 5.91 Å². The Kier molecular flexibility index (Phi) is 5.23. The van der Waals surface area contributed by atoms with Crippen LogP contribution in [0.3, 0.4) is 0 Å². The number of aliphatic carboxylic acids is 1. The van der Waals surface area contributed by atoms with Crippen molar-refractivity contribution < 1.29 is 14.7 Å². The van der Waals surface area contributed by atoms with Crippen molar-refractivity contribution in [3.8, 4) is 0 Å². The van der Waals surface area contributed by atoms with Crippen LogP contribution in [0.2, 0.25) is 5.02 Å². The van der Waals surface area contributed by atoms with Crippen LogP contribution in [0.4, 0.5) is 0 Å². The zero-order chi connectivity index (χ0) is 15.4. The van der Waals surface area contributed by atoms with Crippen LogP contribution in [0.25, 0.3) is 0 Å². The number of carboxylic acid groups (broad SMARTS) is 1. The van der Waals surface area contributed by atoms with Gasteiger partial charge in [-0.05, 0) is 37.0 Å². The maximum Gasteiger partial charge on any atom is 0.308 e. The highest BCUT2D eigenvalue weighted by molar-refractivity contribution is 6.30. The lowest BCUT2D eigenvalue weighted by atomic mass is 9.89. The van der Waals surface area contributed by atoms with Crippen LogP contribution >= 0.6 is 11.6 Å². The fourth-order valence-electron chi connectivity index (χ4n) is 2.98. The van der Waals surface area contributed by atoms with Gasteiger partial charge in [0.25, 0.3) is 0 Å². The molecule has 114 valence electrons. The molecular formula is C16H20ClNO3. The number of amides is 1. The standard InChI is InChI=1S/C16H20ClNO3/c1-2-10-18-14(19)5-3-4-13(16(20)21)15(18)11-6-8-12(17)9-7-11/h6-9,13,15H,2-5,10H2,1H3,(H,20,21).